The number of aryl methyl sites for hydroxylation is 1. The van der Waals surface area contributed by atoms with Gasteiger partial charge in [-0.15, -0.1) is 0 Å². The Bertz CT molecular complexity index is 1170. The SMILES string of the molecule is CC(=O)N1CCN(c2nc(NC(C)(C)Cc3ccc(C)cc3)c3cn(C(C)C)c(O)c3n2)CC1. The summed E-state index contributed by atoms with van der Waals surface area (Å²) >= 11 is 0. The lowest BCUT2D eigenvalue weighted by Crippen LogP contribution is -2.48. The van der Waals surface area contributed by atoms with Crippen molar-refractivity contribution in [3.8, 4) is 5.88 Å². The van der Waals surface area contributed by atoms with Crippen LogP contribution in [0.5, 0.6) is 5.88 Å². The van der Waals surface area contributed by atoms with Gasteiger partial charge in [0, 0.05) is 50.9 Å². The van der Waals surface area contributed by atoms with Crippen LogP contribution in [0.25, 0.3) is 10.9 Å². The fourth-order valence-corrected chi connectivity index (χ4v) is 4.51. The summed E-state index contributed by atoms with van der Waals surface area (Å²) in [4.78, 5) is 25.3. The Labute approximate surface area is 201 Å². The second-order valence-corrected chi connectivity index (χ2v) is 10.3. The minimum atomic E-state index is -0.281. The number of carbonyl (C=O) groups is 1. The summed E-state index contributed by atoms with van der Waals surface area (Å²) in [6.45, 7) is 14.7. The number of piperazine rings is 1. The highest BCUT2D eigenvalue weighted by atomic mass is 16.3. The number of amides is 1. The highest BCUT2D eigenvalue weighted by molar-refractivity contribution is 5.94. The summed E-state index contributed by atoms with van der Waals surface area (Å²) in [5.74, 6) is 1.51. The molecular weight excluding hydrogens is 428 g/mol. The van der Waals surface area contributed by atoms with E-state index >= 15 is 0 Å². The van der Waals surface area contributed by atoms with Gasteiger partial charge in [-0.05, 0) is 46.6 Å². The Balaban J connectivity index is 1.69. The van der Waals surface area contributed by atoms with Crippen LogP contribution in [0.4, 0.5) is 11.8 Å². The molecule has 1 aromatic carbocycles. The molecule has 1 saturated heterocycles. The van der Waals surface area contributed by atoms with Gasteiger partial charge in [-0.1, -0.05) is 29.8 Å². The second-order valence-electron chi connectivity index (χ2n) is 10.3. The van der Waals surface area contributed by atoms with E-state index in [1.807, 2.05) is 29.5 Å². The molecule has 0 aliphatic carbocycles. The molecule has 0 bridgehead atoms. The molecule has 182 valence electrons. The van der Waals surface area contributed by atoms with Gasteiger partial charge in [0.25, 0.3) is 0 Å². The first-order valence-electron chi connectivity index (χ1n) is 12.0. The van der Waals surface area contributed by atoms with E-state index in [0.717, 1.165) is 11.8 Å². The Morgan fingerprint density at radius 3 is 2.35 bits per heavy atom. The van der Waals surface area contributed by atoms with Crippen LogP contribution >= 0.6 is 0 Å². The third-order valence-corrected chi connectivity index (χ3v) is 6.45. The number of rotatable bonds is 6. The summed E-state index contributed by atoms with van der Waals surface area (Å²) in [6.07, 6.45) is 2.75. The van der Waals surface area contributed by atoms with Gasteiger partial charge in [0.1, 0.15) is 11.3 Å². The molecule has 1 fully saturated rings. The van der Waals surface area contributed by atoms with Crippen LogP contribution in [-0.2, 0) is 11.2 Å². The molecule has 1 aliphatic heterocycles. The van der Waals surface area contributed by atoms with E-state index in [2.05, 4.69) is 55.3 Å². The maximum Gasteiger partial charge on any atom is 0.228 e. The number of nitrogens with zero attached hydrogens (tertiary/aromatic N) is 5. The molecule has 2 aromatic heterocycles. The lowest BCUT2D eigenvalue weighted by Gasteiger charge is -2.34. The number of aromatic nitrogens is 3. The van der Waals surface area contributed by atoms with Crippen LogP contribution in [0.2, 0.25) is 0 Å². The number of aromatic hydroxyl groups is 1. The first kappa shape index (κ1) is 23.9. The highest BCUT2D eigenvalue weighted by Crippen LogP contribution is 2.35. The molecule has 0 unspecified atom stereocenters. The topological polar surface area (TPSA) is 86.5 Å². The van der Waals surface area contributed by atoms with Gasteiger partial charge in [-0.2, -0.15) is 4.98 Å². The van der Waals surface area contributed by atoms with E-state index in [1.165, 1.54) is 11.1 Å². The minimum Gasteiger partial charge on any atom is -0.493 e. The van der Waals surface area contributed by atoms with E-state index in [1.54, 1.807) is 6.92 Å². The van der Waals surface area contributed by atoms with Crippen molar-refractivity contribution in [2.75, 3.05) is 36.4 Å². The molecule has 2 N–H and O–H groups in total. The summed E-state index contributed by atoms with van der Waals surface area (Å²) in [7, 11) is 0. The lowest BCUT2D eigenvalue weighted by molar-refractivity contribution is -0.129. The lowest BCUT2D eigenvalue weighted by atomic mass is 9.94. The van der Waals surface area contributed by atoms with Gasteiger partial charge < -0.3 is 24.8 Å². The van der Waals surface area contributed by atoms with Gasteiger partial charge in [0.05, 0.1) is 5.39 Å². The third-order valence-electron chi connectivity index (χ3n) is 6.45. The molecule has 1 amide bonds. The van der Waals surface area contributed by atoms with Gasteiger partial charge >= 0.3 is 0 Å². The van der Waals surface area contributed by atoms with E-state index in [-0.39, 0.29) is 23.4 Å². The summed E-state index contributed by atoms with van der Waals surface area (Å²) in [5.41, 5.74) is 2.75. The first-order valence-corrected chi connectivity index (χ1v) is 12.0. The normalized spacial score (nSPS) is 14.8. The zero-order chi connectivity index (χ0) is 24.6. The number of benzene rings is 1. The molecule has 8 nitrogen and oxygen atoms in total. The van der Waals surface area contributed by atoms with Crippen LogP contribution < -0.4 is 10.2 Å². The van der Waals surface area contributed by atoms with Crippen molar-refractivity contribution in [1.82, 2.24) is 19.4 Å². The average Bonchev–Trinajstić information content (AvgIpc) is 3.12. The predicted molar refractivity (Wildman–Crippen MR) is 137 cm³/mol. The van der Waals surface area contributed by atoms with Crippen LogP contribution in [0.15, 0.2) is 30.5 Å². The van der Waals surface area contributed by atoms with Crippen molar-refractivity contribution >= 4 is 28.6 Å². The smallest absolute Gasteiger partial charge is 0.228 e. The third kappa shape index (κ3) is 4.95. The Hall–Kier alpha value is -3.29. The summed E-state index contributed by atoms with van der Waals surface area (Å²) in [5, 5.41) is 15.4. The van der Waals surface area contributed by atoms with E-state index in [4.69, 9.17) is 9.97 Å². The van der Waals surface area contributed by atoms with E-state index in [9.17, 15) is 9.90 Å². The molecule has 3 aromatic rings. The molecule has 34 heavy (non-hydrogen) atoms. The summed E-state index contributed by atoms with van der Waals surface area (Å²) in [6, 6.07) is 8.68. The van der Waals surface area contributed by atoms with Crippen molar-refractivity contribution < 1.29 is 9.90 Å². The fourth-order valence-electron chi connectivity index (χ4n) is 4.51. The summed E-state index contributed by atoms with van der Waals surface area (Å²) < 4.78 is 1.83. The average molecular weight is 465 g/mol. The Morgan fingerprint density at radius 2 is 1.76 bits per heavy atom. The highest BCUT2D eigenvalue weighted by Gasteiger charge is 2.26. The van der Waals surface area contributed by atoms with Crippen LogP contribution in [0.1, 0.15) is 51.8 Å². The van der Waals surface area contributed by atoms with E-state index < -0.39 is 0 Å². The number of hydrogen-bond donors (Lipinski definition) is 2. The number of hydrogen-bond acceptors (Lipinski definition) is 6. The molecule has 4 rings (SSSR count). The first-order chi connectivity index (χ1) is 16.0. The Kier molecular flexibility index (Phi) is 6.43. The standard InChI is InChI=1S/C26H36N6O2/c1-17(2)32-16-21-22(24(32)34)27-25(31-13-11-30(12-14-31)19(4)33)28-23(21)29-26(5,6)15-20-9-7-18(3)8-10-20/h7-10,16-17,34H,11-15H2,1-6H3,(H,27,28,29). The molecular formula is C26H36N6O2. The van der Waals surface area contributed by atoms with Crippen molar-refractivity contribution in [3.63, 3.8) is 0 Å². The largest absolute Gasteiger partial charge is 0.493 e. The number of fused-ring (bicyclic) bond motifs is 1. The van der Waals surface area contributed by atoms with Crippen LogP contribution in [0, 0.1) is 6.92 Å². The maximum absolute atomic E-state index is 11.7. The molecule has 0 atom stereocenters. The van der Waals surface area contributed by atoms with Gasteiger partial charge in [0.15, 0.2) is 0 Å². The molecule has 1 aliphatic rings. The van der Waals surface area contributed by atoms with Crippen molar-refractivity contribution in [2.24, 2.45) is 0 Å². The van der Waals surface area contributed by atoms with Crippen molar-refractivity contribution in [1.29, 1.82) is 0 Å². The zero-order valence-corrected chi connectivity index (χ0v) is 21.1. The van der Waals surface area contributed by atoms with Gasteiger partial charge in [-0.3, -0.25) is 4.79 Å². The molecule has 0 radical (unpaired) electrons. The number of anilines is 2. The van der Waals surface area contributed by atoms with E-state index in [0.29, 0.717) is 43.5 Å². The molecule has 3 heterocycles. The minimum absolute atomic E-state index is 0.0860. The second kappa shape index (κ2) is 9.16. The number of carbonyl (C=O) groups excluding carboxylic acids is 1. The van der Waals surface area contributed by atoms with Gasteiger partial charge in [0.2, 0.25) is 17.7 Å². The van der Waals surface area contributed by atoms with Gasteiger partial charge in [-0.25, -0.2) is 4.98 Å². The fraction of sp³-hybridized carbons (Fsp3) is 0.500. The quantitative estimate of drug-likeness (QED) is 0.571. The monoisotopic (exact) mass is 464 g/mol. The van der Waals surface area contributed by atoms with Crippen molar-refractivity contribution in [3.05, 3.63) is 41.6 Å². The zero-order valence-electron chi connectivity index (χ0n) is 21.1. The predicted octanol–water partition coefficient (Wildman–Crippen LogP) is 4.13. The molecule has 0 saturated carbocycles. The van der Waals surface area contributed by atoms with Crippen LogP contribution in [-0.4, -0.2) is 62.2 Å². The Morgan fingerprint density at radius 1 is 1.12 bits per heavy atom. The maximum atomic E-state index is 11.7. The number of nitrogens with one attached hydrogen (secondary N) is 1. The van der Waals surface area contributed by atoms with Crippen molar-refractivity contribution in [2.45, 2.75) is 59.5 Å². The van der Waals surface area contributed by atoms with Crippen LogP contribution in [0.3, 0.4) is 0 Å². The molecule has 8 heteroatoms. The molecule has 0 spiro atoms.